The summed E-state index contributed by atoms with van der Waals surface area (Å²) in [5.41, 5.74) is 0.795. The Morgan fingerprint density at radius 1 is 1.41 bits per heavy atom. The van der Waals surface area contributed by atoms with Gasteiger partial charge in [-0.3, -0.25) is 4.79 Å². The van der Waals surface area contributed by atoms with Crippen molar-refractivity contribution in [1.29, 1.82) is 0 Å². The number of benzene rings is 1. The maximum atomic E-state index is 12.0. The fourth-order valence-electron chi connectivity index (χ4n) is 1.78. The Labute approximate surface area is 133 Å². The Morgan fingerprint density at radius 2 is 2.14 bits per heavy atom. The first-order valence-corrected chi connectivity index (χ1v) is 7.31. The molecule has 2 rings (SSSR count). The van der Waals surface area contributed by atoms with E-state index in [-0.39, 0.29) is 5.91 Å². The fraction of sp³-hybridized carbons (Fsp3) is 0.429. The van der Waals surface area contributed by atoms with Crippen molar-refractivity contribution < 1.29 is 9.53 Å². The molecule has 22 heavy (non-hydrogen) atoms. The molecule has 0 aliphatic carbocycles. The fourth-order valence-corrected chi connectivity index (χ4v) is 1.91. The SMILES string of the molecule is COCCCNC(=O)C(C)n1nnc(-c2ccc(Cl)cc2)n1. The summed E-state index contributed by atoms with van der Waals surface area (Å²) in [6.07, 6.45) is 0.760. The van der Waals surface area contributed by atoms with Crippen LogP contribution < -0.4 is 5.32 Å². The summed E-state index contributed by atoms with van der Waals surface area (Å²) >= 11 is 5.84. The smallest absolute Gasteiger partial charge is 0.246 e. The molecule has 0 saturated carbocycles. The van der Waals surface area contributed by atoms with Gasteiger partial charge in [0.2, 0.25) is 11.7 Å². The molecule has 0 aliphatic heterocycles. The molecular formula is C14H18ClN5O2. The van der Waals surface area contributed by atoms with Crippen LogP contribution in [0.3, 0.4) is 0 Å². The predicted molar refractivity (Wildman–Crippen MR) is 82.5 cm³/mol. The highest BCUT2D eigenvalue weighted by molar-refractivity contribution is 6.30. The van der Waals surface area contributed by atoms with Crippen molar-refractivity contribution in [3.05, 3.63) is 29.3 Å². The standard InChI is InChI=1S/C14H18ClN5O2/c1-10(14(21)16-8-3-9-22-2)20-18-13(17-19-20)11-4-6-12(15)7-5-11/h4-7,10H,3,8-9H2,1-2H3,(H,16,21). The first kappa shape index (κ1) is 16.4. The normalized spacial score (nSPS) is 12.1. The highest BCUT2D eigenvalue weighted by atomic mass is 35.5. The minimum absolute atomic E-state index is 0.156. The molecule has 0 radical (unpaired) electrons. The van der Waals surface area contributed by atoms with Gasteiger partial charge in [0.1, 0.15) is 6.04 Å². The minimum Gasteiger partial charge on any atom is -0.385 e. The molecule has 1 aromatic carbocycles. The largest absolute Gasteiger partial charge is 0.385 e. The van der Waals surface area contributed by atoms with Crippen LogP contribution in [0, 0.1) is 0 Å². The van der Waals surface area contributed by atoms with Gasteiger partial charge in [0.05, 0.1) is 0 Å². The van der Waals surface area contributed by atoms with Crippen molar-refractivity contribution in [3.8, 4) is 11.4 Å². The van der Waals surface area contributed by atoms with Gasteiger partial charge in [0.25, 0.3) is 0 Å². The third-order valence-corrected chi connectivity index (χ3v) is 3.33. The van der Waals surface area contributed by atoms with Gasteiger partial charge in [-0.1, -0.05) is 11.6 Å². The zero-order valence-electron chi connectivity index (χ0n) is 12.5. The summed E-state index contributed by atoms with van der Waals surface area (Å²) in [5.74, 6) is 0.298. The number of hydrogen-bond acceptors (Lipinski definition) is 5. The molecule has 118 valence electrons. The average Bonchev–Trinajstić information content (AvgIpc) is 3.01. The number of carbonyl (C=O) groups excluding carboxylic acids is 1. The molecular weight excluding hydrogens is 306 g/mol. The van der Waals surface area contributed by atoms with Gasteiger partial charge >= 0.3 is 0 Å². The number of nitrogens with one attached hydrogen (secondary N) is 1. The van der Waals surface area contributed by atoms with Crippen molar-refractivity contribution in [2.45, 2.75) is 19.4 Å². The third kappa shape index (κ3) is 4.25. The Hall–Kier alpha value is -1.99. The number of ether oxygens (including phenoxy) is 1. The van der Waals surface area contributed by atoms with Crippen molar-refractivity contribution >= 4 is 17.5 Å². The van der Waals surface area contributed by atoms with E-state index >= 15 is 0 Å². The van der Waals surface area contributed by atoms with Crippen LogP contribution in [0.5, 0.6) is 0 Å². The van der Waals surface area contributed by atoms with E-state index in [2.05, 4.69) is 20.7 Å². The second-order valence-corrected chi connectivity index (χ2v) is 5.19. The van der Waals surface area contributed by atoms with Crippen LogP contribution in [-0.4, -0.2) is 46.4 Å². The maximum absolute atomic E-state index is 12.0. The van der Waals surface area contributed by atoms with Crippen molar-refractivity contribution in [1.82, 2.24) is 25.5 Å². The molecule has 1 N–H and O–H groups in total. The second-order valence-electron chi connectivity index (χ2n) is 4.75. The highest BCUT2D eigenvalue weighted by Crippen LogP contribution is 2.17. The van der Waals surface area contributed by atoms with E-state index in [0.29, 0.717) is 24.0 Å². The average molecular weight is 324 g/mol. The Balaban J connectivity index is 1.98. The Kier molecular flexibility index (Phi) is 5.85. The molecule has 1 heterocycles. The van der Waals surface area contributed by atoms with E-state index in [9.17, 15) is 4.79 Å². The van der Waals surface area contributed by atoms with Crippen molar-refractivity contribution in [3.63, 3.8) is 0 Å². The molecule has 0 saturated heterocycles. The van der Waals surface area contributed by atoms with Crippen LogP contribution in [0.1, 0.15) is 19.4 Å². The molecule has 1 aromatic heterocycles. The number of rotatable bonds is 7. The monoisotopic (exact) mass is 323 g/mol. The number of amides is 1. The summed E-state index contributed by atoms with van der Waals surface area (Å²) < 4.78 is 4.93. The van der Waals surface area contributed by atoms with E-state index in [1.807, 2.05) is 0 Å². The number of nitrogens with zero attached hydrogens (tertiary/aromatic N) is 4. The summed E-state index contributed by atoms with van der Waals surface area (Å²) in [7, 11) is 1.63. The van der Waals surface area contributed by atoms with Gasteiger partial charge in [0.15, 0.2) is 0 Å². The molecule has 1 atom stereocenters. The van der Waals surface area contributed by atoms with E-state index in [4.69, 9.17) is 16.3 Å². The van der Waals surface area contributed by atoms with Gasteiger partial charge < -0.3 is 10.1 Å². The molecule has 7 nitrogen and oxygen atoms in total. The van der Waals surface area contributed by atoms with Gasteiger partial charge in [-0.15, -0.1) is 10.2 Å². The van der Waals surface area contributed by atoms with E-state index in [1.54, 1.807) is 38.3 Å². The lowest BCUT2D eigenvalue weighted by Crippen LogP contribution is -2.33. The molecule has 0 fully saturated rings. The maximum Gasteiger partial charge on any atom is 0.246 e. The van der Waals surface area contributed by atoms with Gasteiger partial charge in [-0.25, -0.2) is 0 Å². The zero-order chi connectivity index (χ0) is 15.9. The summed E-state index contributed by atoms with van der Waals surface area (Å²) in [5, 5.41) is 15.6. The highest BCUT2D eigenvalue weighted by Gasteiger charge is 2.18. The van der Waals surface area contributed by atoms with E-state index in [1.165, 1.54) is 4.80 Å². The number of halogens is 1. The topological polar surface area (TPSA) is 81.9 Å². The quantitative estimate of drug-likeness (QED) is 0.784. The van der Waals surface area contributed by atoms with Crippen molar-refractivity contribution in [2.75, 3.05) is 20.3 Å². The molecule has 1 amide bonds. The van der Waals surface area contributed by atoms with Crippen LogP contribution in [-0.2, 0) is 9.53 Å². The molecule has 2 aromatic rings. The van der Waals surface area contributed by atoms with Crippen LogP contribution in [0.4, 0.5) is 0 Å². The predicted octanol–water partition coefficient (Wildman–Crippen LogP) is 1.71. The van der Waals surface area contributed by atoms with Crippen molar-refractivity contribution in [2.24, 2.45) is 0 Å². The van der Waals surface area contributed by atoms with Gasteiger partial charge in [0, 0.05) is 30.8 Å². The number of tetrazole rings is 1. The second kappa shape index (κ2) is 7.86. The molecule has 0 spiro atoms. The summed E-state index contributed by atoms with van der Waals surface area (Å²) in [6.45, 7) is 2.88. The van der Waals surface area contributed by atoms with E-state index in [0.717, 1.165) is 12.0 Å². The lowest BCUT2D eigenvalue weighted by molar-refractivity contribution is -0.124. The molecule has 1 unspecified atom stereocenters. The lowest BCUT2D eigenvalue weighted by atomic mass is 10.2. The number of hydrogen-bond donors (Lipinski definition) is 1. The third-order valence-electron chi connectivity index (χ3n) is 3.08. The molecule has 8 heteroatoms. The number of aromatic nitrogens is 4. The Bertz CT molecular complexity index is 614. The molecule has 0 bridgehead atoms. The van der Waals surface area contributed by atoms with Crippen LogP contribution >= 0.6 is 11.6 Å². The first-order chi connectivity index (χ1) is 10.6. The summed E-state index contributed by atoms with van der Waals surface area (Å²) in [6, 6.07) is 6.59. The van der Waals surface area contributed by atoms with Crippen LogP contribution in [0.25, 0.3) is 11.4 Å². The van der Waals surface area contributed by atoms with Crippen LogP contribution in [0.15, 0.2) is 24.3 Å². The Morgan fingerprint density at radius 3 is 2.82 bits per heavy atom. The van der Waals surface area contributed by atoms with Gasteiger partial charge in [-0.05, 0) is 42.8 Å². The van der Waals surface area contributed by atoms with Crippen LogP contribution in [0.2, 0.25) is 5.02 Å². The number of carbonyl (C=O) groups is 1. The molecule has 0 aliphatic rings. The number of methoxy groups -OCH3 is 1. The minimum atomic E-state index is -0.531. The zero-order valence-corrected chi connectivity index (χ0v) is 13.2. The van der Waals surface area contributed by atoms with E-state index < -0.39 is 6.04 Å². The van der Waals surface area contributed by atoms with Gasteiger partial charge in [-0.2, -0.15) is 4.80 Å². The lowest BCUT2D eigenvalue weighted by Gasteiger charge is -2.10. The summed E-state index contributed by atoms with van der Waals surface area (Å²) in [4.78, 5) is 13.3. The first-order valence-electron chi connectivity index (χ1n) is 6.94.